The normalized spacial score (nSPS) is 20.4. The Balaban J connectivity index is 1.43. The van der Waals surface area contributed by atoms with Crippen LogP contribution < -0.4 is 5.32 Å². The number of aromatic amines is 1. The van der Waals surface area contributed by atoms with E-state index in [1.807, 2.05) is 12.1 Å². The van der Waals surface area contributed by atoms with Gasteiger partial charge in [0.05, 0.1) is 12.3 Å². The molecule has 1 saturated carbocycles. The second-order valence-electron chi connectivity index (χ2n) is 5.07. The fourth-order valence-electron chi connectivity index (χ4n) is 2.05. The third kappa shape index (κ3) is 3.96. The Morgan fingerprint density at radius 2 is 2.48 bits per heavy atom. The lowest BCUT2D eigenvalue weighted by Gasteiger charge is -2.01. The fourth-order valence-corrected chi connectivity index (χ4v) is 3.96. The van der Waals surface area contributed by atoms with Crippen LogP contribution in [0.2, 0.25) is 0 Å². The predicted octanol–water partition coefficient (Wildman–Crippen LogP) is 3.33. The number of amides is 1. The average Bonchev–Trinajstić information content (AvgIpc) is 2.89. The Hall–Kier alpha value is -1.12. The number of rotatable bonds is 6. The maximum atomic E-state index is 11.8. The Kier molecular flexibility index (Phi) is 4.46. The molecule has 0 spiro atoms. The monoisotopic (exact) mass is 341 g/mol. The van der Waals surface area contributed by atoms with Crippen LogP contribution in [0.15, 0.2) is 20.9 Å². The van der Waals surface area contributed by atoms with E-state index >= 15 is 0 Å². The summed E-state index contributed by atoms with van der Waals surface area (Å²) in [6, 6.07) is 3.95. The van der Waals surface area contributed by atoms with Crippen molar-refractivity contribution in [1.82, 2.24) is 15.5 Å². The lowest BCUT2D eigenvalue weighted by Crippen LogP contribution is -2.24. The van der Waals surface area contributed by atoms with Crippen molar-refractivity contribution in [2.75, 3.05) is 5.75 Å². The van der Waals surface area contributed by atoms with Crippen LogP contribution in [0.3, 0.4) is 0 Å². The molecule has 112 valence electrons. The zero-order valence-electron chi connectivity index (χ0n) is 11.4. The Morgan fingerprint density at radius 3 is 3.14 bits per heavy atom. The number of aromatic nitrogens is 2. The molecular formula is C13H15N3O2S3. The van der Waals surface area contributed by atoms with Crippen LogP contribution in [0.1, 0.15) is 30.8 Å². The minimum absolute atomic E-state index is 0.0427. The summed E-state index contributed by atoms with van der Waals surface area (Å²) in [5.41, 5.74) is 0. The fraction of sp³-hybridized carbons (Fsp3) is 0.462. The van der Waals surface area contributed by atoms with Crippen LogP contribution >= 0.6 is 35.3 Å². The van der Waals surface area contributed by atoms with Crippen LogP contribution in [0, 0.1) is 9.87 Å². The minimum Gasteiger partial charge on any atom is -0.464 e. The molecule has 5 nitrogen and oxygen atoms in total. The van der Waals surface area contributed by atoms with E-state index in [4.69, 9.17) is 16.6 Å². The second-order valence-corrected chi connectivity index (χ2v) is 7.96. The molecule has 0 radical (unpaired) electrons. The molecule has 1 aliphatic carbocycles. The molecule has 1 amide bonds. The van der Waals surface area contributed by atoms with Crippen molar-refractivity contribution in [3.8, 4) is 0 Å². The average molecular weight is 341 g/mol. The highest BCUT2D eigenvalue weighted by Gasteiger charge is 2.36. The molecule has 2 atom stereocenters. The molecule has 0 saturated heterocycles. The van der Waals surface area contributed by atoms with Crippen LogP contribution in [-0.4, -0.2) is 21.9 Å². The Bertz CT molecular complexity index is 691. The molecule has 3 rings (SSSR count). The number of hydrogen-bond acceptors (Lipinski definition) is 6. The number of carbonyl (C=O) groups is 1. The Morgan fingerprint density at radius 1 is 1.67 bits per heavy atom. The zero-order valence-corrected chi connectivity index (χ0v) is 13.9. The standard InChI is InChI=1S/C13H15N3O2S3/c1-7-4-9(7)10-3-2-8(18-10)5-14-11(17)6-20-13-16-15-12(19)21-13/h2-3,7,9H,4-6H2,1H3,(H,14,17)(H,15,19)/t7-,9-/m1/s1. The number of nitrogens with zero attached hydrogens (tertiary/aromatic N) is 1. The summed E-state index contributed by atoms with van der Waals surface area (Å²) < 4.78 is 7.14. The van der Waals surface area contributed by atoms with Crippen molar-refractivity contribution in [3.63, 3.8) is 0 Å². The van der Waals surface area contributed by atoms with Gasteiger partial charge in [-0.3, -0.25) is 9.89 Å². The van der Waals surface area contributed by atoms with Gasteiger partial charge in [0.2, 0.25) is 5.91 Å². The summed E-state index contributed by atoms with van der Waals surface area (Å²) in [6.45, 7) is 2.65. The molecule has 2 aromatic rings. The van der Waals surface area contributed by atoms with E-state index in [1.165, 1.54) is 29.5 Å². The van der Waals surface area contributed by atoms with Gasteiger partial charge in [-0.25, -0.2) is 0 Å². The molecule has 1 fully saturated rings. The number of nitrogens with one attached hydrogen (secondary N) is 2. The van der Waals surface area contributed by atoms with Crippen molar-refractivity contribution in [2.45, 2.75) is 30.1 Å². The third-order valence-corrected chi connectivity index (χ3v) is 5.59. The lowest BCUT2D eigenvalue weighted by molar-refractivity contribution is -0.118. The van der Waals surface area contributed by atoms with E-state index < -0.39 is 0 Å². The van der Waals surface area contributed by atoms with Crippen molar-refractivity contribution in [1.29, 1.82) is 0 Å². The highest BCUT2D eigenvalue weighted by Crippen LogP contribution is 2.47. The molecule has 8 heteroatoms. The molecule has 2 N–H and O–H groups in total. The van der Waals surface area contributed by atoms with Gasteiger partial charge < -0.3 is 9.73 Å². The summed E-state index contributed by atoms with van der Waals surface area (Å²) >= 11 is 7.68. The van der Waals surface area contributed by atoms with Crippen molar-refractivity contribution < 1.29 is 9.21 Å². The van der Waals surface area contributed by atoms with Gasteiger partial charge in [-0.05, 0) is 36.7 Å². The molecule has 2 heterocycles. The summed E-state index contributed by atoms with van der Waals surface area (Å²) in [5.74, 6) is 3.41. The van der Waals surface area contributed by atoms with Crippen molar-refractivity contribution >= 4 is 41.2 Å². The van der Waals surface area contributed by atoms with Gasteiger partial charge in [0.1, 0.15) is 11.5 Å². The lowest BCUT2D eigenvalue weighted by atomic mass is 10.3. The topological polar surface area (TPSA) is 70.9 Å². The molecular weight excluding hydrogens is 326 g/mol. The van der Waals surface area contributed by atoms with Gasteiger partial charge in [0.15, 0.2) is 8.29 Å². The SMILES string of the molecule is C[C@@H]1C[C@H]1c1ccc(CNC(=O)CSc2n[nH]c(=S)s2)o1. The minimum atomic E-state index is -0.0427. The van der Waals surface area contributed by atoms with Gasteiger partial charge >= 0.3 is 0 Å². The molecule has 0 unspecified atom stereocenters. The van der Waals surface area contributed by atoms with Gasteiger partial charge in [0.25, 0.3) is 0 Å². The van der Waals surface area contributed by atoms with E-state index in [9.17, 15) is 4.79 Å². The molecule has 0 aliphatic heterocycles. The van der Waals surface area contributed by atoms with Crippen LogP contribution in [-0.2, 0) is 11.3 Å². The largest absolute Gasteiger partial charge is 0.464 e. The van der Waals surface area contributed by atoms with Crippen LogP contribution in [0.25, 0.3) is 0 Å². The predicted molar refractivity (Wildman–Crippen MR) is 85.1 cm³/mol. The van der Waals surface area contributed by atoms with Crippen LogP contribution in [0.5, 0.6) is 0 Å². The molecule has 2 aromatic heterocycles. The van der Waals surface area contributed by atoms with Crippen LogP contribution in [0.4, 0.5) is 0 Å². The van der Waals surface area contributed by atoms with Gasteiger partial charge in [-0.1, -0.05) is 30.0 Å². The van der Waals surface area contributed by atoms with Gasteiger partial charge in [-0.15, -0.1) is 0 Å². The summed E-state index contributed by atoms with van der Waals surface area (Å²) in [6.07, 6.45) is 1.20. The van der Waals surface area contributed by atoms with Crippen molar-refractivity contribution in [2.24, 2.45) is 5.92 Å². The number of carbonyl (C=O) groups excluding carboxylic acids is 1. The first-order chi connectivity index (χ1) is 10.1. The van der Waals surface area contributed by atoms with E-state index in [-0.39, 0.29) is 5.91 Å². The number of thioether (sulfide) groups is 1. The number of furan rings is 1. The first kappa shape index (κ1) is 14.8. The highest BCUT2D eigenvalue weighted by molar-refractivity contribution is 8.01. The van der Waals surface area contributed by atoms with E-state index in [2.05, 4.69) is 22.4 Å². The highest BCUT2D eigenvalue weighted by atomic mass is 32.2. The first-order valence-corrected chi connectivity index (χ1v) is 8.86. The molecule has 1 aliphatic rings. The molecule has 0 aromatic carbocycles. The molecule has 0 bridgehead atoms. The zero-order chi connectivity index (χ0) is 14.8. The number of H-pyrrole nitrogens is 1. The second kappa shape index (κ2) is 6.33. The van der Waals surface area contributed by atoms with Gasteiger partial charge in [0, 0.05) is 5.92 Å². The van der Waals surface area contributed by atoms with Gasteiger partial charge in [-0.2, -0.15) is 5.10 Å². The summed E-state index contributed by atoms with van der Waals surface area (Å²) in [7, 11) is 0. The number of hydrogen-bond donors (Lipinski definition) is 2. The smallest absolute Gasteiger partial charge is 0.230 e. The third-order valence-electron chi connectivity index (χ3n) is 3.36. The Labute approximate surface area is 135 Å². The van der Waals surface area contributed by atoms with E-state index in [0.717, 1.165) is 21.8 Å². The quantitative estimate of drug-likeness (QED) is 0.623. The first-order valence-electron chi connectivity index (χ1n) is 6.65. The van der Waals surface area contributed by atoms with E-state index in [0.29, 0.717) is 22.2 Å². The van der Waals surface area contributed by atoms with E-state index in [1.54, 1.807) is 0 Å². The maximum absolute atomic E-state index is 11.8. The summed E-state index contributed by atoms with van der Waals surface area (Å²) in [4.78, 5) is 11.8. The summed E-state index contributed by atoms with van der Waals surface area (Å²) in [5, 5.41) is 9.53. The van der Waals surface area contributed by atoms with Crippen molar-refractivity contribution in [3.05, 3.63) is 27.6 Å². The maximum Gasteiger partial charge on any atom is 0.230 e. The molecule has 21 heavy (non-hydrogen) atoms.